The average molecular weight is 496 g/mol. The summed E-state index contributed by atoms with van der Waals surface area (Å²) < 4.78 is 16.8. The van der Waals surface area contributed by atoms with E-state index >= 15 is 0 Å². The number of aromatic nitrogens is 1. The molecule has 0 aliphatic heterocycles. The van der Waals surface area contributed by atoms with Gasteiger partial charge in [-0.1, -0.05) is 36.4 Å². The second kappa shape index (κ2) is 10.2. The molecule has 1 amide bonds. The second-order valence-corrected chi connectivity index (χ2v) is 9.00. The van der Waals surface area contributed by atoms with Crippen LogP contribution in [-0.2, 0) is 13.1 Å². The standard InChI is InChI=1S/C30H29N3O4/c1-32(2)29-21(17-25-26(35-3)14-15-27(36-4)28(25)31-29)18-33(19-22-11-8-16-37-22)30(34)24-13-7-10-20-9-5-6-12-23(20)24/h5-17H,18-19H2,1-4H3. The van der Waals surface area contributed by atoms with Crippen LogP contribution in [-0.4, -0.2) is 44.1 Å². The van der Waals surface area contributed by atoms with E-state index in [0.29, 0.717) is 41.4 Å². The molecule has 3 aromatic carbocycles. The maximum atomic E-state index is 14.1. The lowest BCUT2D eigenvalue weighted by atomic mass is 10.0. The van der Waals surface area contributed by atoms with Crippen molar-refractivity contribution >= 4 is 33.4 Å². The van der Waals surface area contributed by atoms with Crippen molar-refractivity contribution in [3.8, 4) is 11.5 Å². The van der Waals surface area contributed by atoms with Crippen LogP contribution < -0.4 is 14.4 Å². The zero-order valence-corrected chi connectivity index (χ0v) is 21.4. The quantitative estimate of drug-likeness (QED) is 0.267. The van der Waals surface area contributed by atoms with Gasteiger partial charge in [-0.3, -0.25) is 4.79 Å². The Balaban J connectivity index is 1.64. The molecule has 0 saturated carbocycles. The number of anilines is 1. The van der Waals surface area contributed by atoms with E-state index in [4.69, 9.17) is 18.9 Å². The molecule has 0 aliphatic carbocycles. The first kappa shape index (κ1) is 24.2. The molecule has 5 rings (SSSR count). The number of hydrogen-bond acceptors (Lipinski definition) is 6. The van der Waals surface area contributed by atoms with Crippen LogP contribution in [0.25, 0.3) is 21.7 Å². The van der Waals surface area contributed by atoms with Gasteiger partial charge in [0, 0.05) is 30.6 Å². The molecule has 0 bridgehead atoms. The summed E-state index contributed by atoms with van der Waals surface area (Å²) in [5, 5.41) is 2.75. The number of fused-ring (bicyclic) bond motifs is 2. The SMILES string of the molecule is COc1ccc(OC)c2nc(N(C)C)c(CN(Cc3ccco3)C(=O)c3cccc4ccccc34)cc12. The predicted molar refractivity (Wildman–Crippen MR) is 145 cm³/mol. The molecular formula is C30H29N3O4. The average Bonchev–Trinajstić information content (AvgIpc) is 3.44. The van der Waals surface area contributed by atoms with E-state index < -0.39 is 0 Å². The molecule has 0 spiro atoms. The molecule has 7 heteroatoms. The van der Waals surface area contributed by atoms with Gasteiger partial charge in [0.05, 0.1) is 33.6 Å². The molecule has 0 radical (unpaired) electrons. The van der Waals surface area contributed by atoms with E-state index in [2.05, 4.69) is 0 Å². The van der Waals surface area contributed by atoms with Crippen LogP contribution in [0.2, 0.25) is 0 Å². The van der Waals surface area contributed by atoms with Gasteiger partial charge in [0.1, 0.15) is 28.6 Å². The third-order valence-corrected chi connectivity index (χ3v) is 6.42. The number of rotatable bonds is 8. The smallest absolute Gasteiger partial charge is 0.255 e. The lowest BCUT2D eigenvalue weighted by Crippen LogP contribution is -2.31. The fourth-order valence-electron chi connectivity index (χ4n) is 4.67. The maximum Gasteiger partial charge on any atom is 0.255 e. The Hall–Kier alpha value is -4.52. The Morgan fingerprint density at radius 1 is 0.865 bits per heavy atom. The molecular weight excluding hydrogens is 466 g/mol. The van der Waals surface area contributed by atoms with E-state index in [0.717, 1.165) is 27.5 Å². The highest BCUT2D eigenvalue weighted by Gasteiger charge is 2.23. The number of hydrogen-bond donors (Lipinski definition) is 0. The van der Waals surface area contributed by atoms with Gasteiger partial charge < -0.3 is 23.7 Å². The highest BCUT2D eigenvalue weighted by Crippen LogP contribution is 2.36. The molecule has 2 heterocycles. The summed E-state index contributed by atoms with van der Waals surface area (Å²) in [7, 11) is 7.13. The van der Waals surface area contributed by atoms with Gasteiger partial charge in [0.2, 0.25) is 0 Å². The van der Waals surface area contributed by atoms with Crippen molar-refractivity contribution in [2.24, 2.45) is 0 Å². The molecule has 0 saturated heterocycles. The molecule has 2 aromatic heterocycles. The normalized spacial score (nSPS) is 11.0. The number of benzene rings is 3. The minimum absolute atomic E-state index is 0.0874. The van der Waals surface area contributed by atoms with E-state index in [1.54, 1.807) is 25.4 Å². The summed E-state index contributed by atoms with van der Waals surface area (Å²) in [6.45, 7) is 0.634. The first-order chi connectivity index (χ1) is 18.0. The van der Waals surface area contributed by atoms with Gasteiger partial charge in [-0.2, -0.15) is 0 Å². The van der Waals surface area contributed by atoms with Crippen LogP contribution in [0.4, 0.5) is 5.82 Å². The minimum Gasteiger partial charge on any atom is -0.496 e. The van der Waals surface area contributed by atoms with Crippen LogP contribution >= 0.6 is 0 Å². The Morgan fingerprint density at radius 3 is 2.35 bits per heavy atom. The minimum atomic E-state index is -0.0874. The molecule has 0 atom stereocenters. The molecule has 0 N–H and O–H groups in total. The van der Waals surface area contributed by atoms with Crippen molar-refractivity contribution in [3.05, 3.63) is 95.9 Å². The van der Waals surface area contributed by atoms with Crippen molar-refractivity contribution in [1.29, 1.82) is 0 Å². The van der Waals surface area contributed by atoms with Crippen molar-refractivity contribution in [3.63, 3.8) is 0 Å². The lowest BCUT2D eigenvalue weighted by molar-refractivity contribution is 0.0720. The van der Waals surface area contributed by atoms with E-state index in [1.165, 1.54) is 0 Å². The van der Waals surface area contributed by atoms with E-state index in [9.17, 15) is 4.79 Å². The molecule has 37 heavy (non-hydrogen) atoms. The number of nitrogens with zero attached hydrogens (tertiary/aromatic N) is 3. The zero-order chi connectivity index (χ0) is 25.9. The van der Waals surface area contributed by atoms with Crippen molar-refractivity contribution < 1.29 is 18.7 Å². The molecule has 5 aromatic rings. The second-order valence-electron chi connectivity index (χ2n) is 9.00. The predicted octanol–water partition coefficient (Wildman–Crippen LogP) is 5.91. The van der Waals surface area contributed by atoms with Crippen LogP contribution in [0.3, 0.4) is 0 Å². The van der Waals surface area contributed by atoms with Gasteiger partial charge in [-0.05, 0) is 47.2 Å². The summed E-state index contributed by atoms with van der Waals surface area (Å²) in [4.78, 5) is 22.7. The highest BCUT2D eigenvalue weighted by molar-refractivity contribution is 6.07. The molecule has 7 nitrogen and oxygen atoms in total. The summed E-state index contributed by atoms with van der Waals surface area (Å²) in [6, 6.07) is 23.2. The van der Waals surface area contributed by atoms with Crippen LogP contribution in [0, 0.1) is 0 Å². The summed E-state index contributed by atoms with van der Waals surface area (Å²) in [6.07, 6.45) is 1.62. The number of amides is 1. The number of furan rings is 1. The van der Waals surface area contributed by atoms with E-state index in [-0.39, 0.29) is 5.91 Å². The zero-order valence-electron chi connectivity index (χ0n) is 21.4. The van der Waals surface area contributed by atoms with Crippen molar-refractivity contribution in [2.75, 3.05) is 33.2 Å². The molecule has 0 unspecified atom stereocenters. The number of ether oxygens (including phenoxy) is 2. The monoisotopic (exact) mass is 495 g/mol. The van der Waals surface area contributed by atoms with Gasteiger partial charge in [-0.25, -0.2) is 4.98 Å². The number of carbonyl (C=O) groups excluding carboxylic acids is 1. The summed E-state index contributed by atoms with van der Waals surface area (Å²) in [5.74, 6) is 2.70. The van der Waals surface area contributed by atoms with E-state index in [1.807, 2.05) is 91.8 Å². The van der Waals surface area contributed by atoms with Crippen molar-refractivity contribution in [2.45, 2.75) is 13.1 Å². The third kappa shape index (κ3) is 4.68. The highest BCUT2D eigenvalue weighted by atomic mass is 16.5. The Bertz CT molecular complexity index is 1560. The van der Waals surface area contributed by atoms with Crippen molar-refractivity contribution in [1.82, 2.24) is 9.88 Å². The Morgan fingerprint density at radius 2 is 1.62 bits per heavy atom. The van der Waals surface area contributed by atoms with Crippen LogP contribution in [0.1, 0.15) is 21.7 Å². The number of carbonyl (C=O) groups is 1. The first-order valence-electron chi connectivity index (χ1n) is 12.0. The van der Waals surface area contributed by atoms with Gasteiger partial charge in [-0.15, -0.1) is 0 Å². The number of methoxy groups -OCH3 is 2. The van der Waals surface area contributed by atoms with Gasteiger partial charge in [0.25, 0.3) is 5.91 Å². The summed E-state index contributed by atoms with van der Waals surface area (Å²) in [5.41, 5.74) is 2.22. The molecule has 188 valence electrons. The molecule has 0 fully saturated rings. The fraction of sp³-hybridized carbons (Fsp3) is 0.200. The van der Waals surface area contributed by atoms with Crippen LogP contribution in [0.5, 0.6) is 11.5 Å². The maximum absolute atomic E-state index is 14.1. The summed E-state index contributed by atoms with van der Waals surface area (Å²) >= 11 is 0. The third-order valence-electron chi connectivity index (χ3n) is 6.42. The van der Waals surface area contributed by atoms with Crippen LogP contribution in [0.15, 0.2) is 83.5 Å². The van der Waals surface area contributed by atoms with Gasteiger partial charge >= 0.3 is 0 Å². The first-order valence-corrected chi connectivity index (χ1v) is 12.0. The fourth-order valence-corrected chi connectivity index (χ4v) is 4.67. The Labute approximate surface area is 215 Å². The number of pyridine rings is 1. The topological polar surface area (TPSA) is 68.0 Å². The molecule has 0 aliphatic rings. The Kier molecular flexibility index (Phi) is 6.68. The lowest BCUT2D eigenvalue weighted by Gasteiger charge is -2.26. The largest absolute Gasteiger partial charge is 0.496 e. The van der Waals surface area contributed by atoms with Gasteiger partial charge in [0.15, 0.2) is 0 Å².